The maximum atomic E-state index is 10.2. The molecule has 0 bridgehead atoms. The molecule has 0 saturated carbocycles. The monoisotopic (exact) mass is 416 g/mol. The molecule has 0 spiro atoms. The van der Waals surface area contributed by atoms with Crippen molar-refractivity contribution in [3.05, 3.63) is 35.9 Å². The number of benzene rings is 1. The van der Waals surface area contributed by atoms with E-state index in [4.69, 9.17) is 18.9 Å². The summed E-state index contributed by atoms with van der Waals surface area (Å²) in [7, 11) is 0. The molecule has 0 aromatic heterocycles. The van der Waals surface area contributed by atoms with Gasteiger partial charge in [0.05, 0.1) is 19.8 Å². The molecule has 29 heavy (non-hydrogen) atoms. The molecule has 164 valence electrons. The minimum absolute atomic E-state index is 0.219. The van der Waals surface area contributed by atoms with Crippen LogP contribution >= 0.6 is 0 Å². The topological polar surface area (TPSA) is 158 Å². The fourth-order valence-corrected chi connectivity index (χ4v) is 3.25. The Labute approximate surface area is 167 Å². The molecule has 2 aliphatic rings. The number of rotatable bonds is 7. The number of aliphatic hydroxyl groups excluding tert-OH is 6. The number of hydrogen-bond acceptors (Lipinski definition) is 10. The van der Waals surface area contributed by atoms with Crippen LogP contribution in [0.15, 0.2) is 30.3 Å². The van der Waals surface area contributed by atoms with E-state index in [0.29, 0.717) is 6.42 Å². The molecular formula is C19H28O10. The lowest BCUT2D eigenvalue weighted by Gasteiger charge is -2.41. The molecule has 2 fully saturated rings. The average Bonchev–Trinajstić information content (AvgIpc) is 2.73. The lowest BCUT2D eigenvalue weighted by atomic mass is 9.99. The lowest BCUT2D eigenvalue weighted by molar-refractivity contribution is -0.320. The van der Waals surface area contributed by atoms with Crippen LogP contribution in [0.25, 0.3) is 0 Å². The first-order valence-corrected chi connectivity index (χ1v) is 9.51. The Morgan fingerprint density at radius 1 is 0.793 bits per heavy atom. The lowest BCUT2D eigenvalue weighted by Crippen LogP contribution is -2.60. The van der Waals surface area contributed by atoms with Crippen molar-refractivity contribution < 1.29 is 49.6 Å². The van der Waals surface area contributed by atoms with Gasteiger partial charge in [0.1, 0.15) is 42.7 Å². The van der Waals surface area contributed by atoms with Gasteiger partial charge >= 0.3 is 0 Å². The first kappa shape index (κ1) is 22.5. The third-order valence-corrected chi connectivity index (χ3v) is 5.06. The van der Waals surface area contributed by atoms with Crippen LogP contribution in [0.4, 0.5) is 0 Å². The summed E-state index contributed by atoms with van der Waals surface area (Å²) in [5.74, 6) is 0. The SMILES string of the molecule is O[C@H]1[C@@H](O)[C@@H](OCCc2ccccc2)O[C@@H](CO[C@H]2OC[C@@H](O)[C@@H](O)[C@H]2O)[C@H]1O. The van der Waals surface area contributed by atoms with Gasteiger partial charge in [-0.3, -0.25) is 0 Å². The van der Waals surface area contributed by atoms with Crippen LogP contribution in [0.1, 0.15) is 5.56 Å². The highest BCUT2D eigenvalue weighted by molar-refractivity contribution is 5.14. The molecule has 0 radical (unpaired) electrons. The van der Waals surface area contributed by atoms with E-state index >= 15 is 0 Å². The van der Waals surface area contributed by atoms with E-state index in [-0.39, 0.29) is 19.8 Å². The Bertz CT molecular complexity index is 616. The van der Waals surface area contributed by atoms with Gasteiger partial charge in [0, 0.05) is 0 Å². The van der Waals surface area contributed by atoms with Crippen molar-refractivity contribution in [2.24, 2.45) is 0 Å². The van der Waals surface area contributed by atoms with Gasteiger partial charge in [0.25, 0.3) is 0 Å². The fourth-order valence-electron chi connectivity index (χ4n) is 3.25. The molecule has 9 atom stereocenters. The second-order valence-electron chi connectivity index (χ2n) is 7.20. The highest BCUT2D eigenvalue weighted by Gasteiger charge is 2.45. The summed E-state index contributed by atoms with van der Waals surface area (Å²) in [6.45, 7) is -0.325. The van der Waals surface area contributed by atoms with Gasteiger partial charge in [-0.25, -0.2) is 0 Å². The number of aliphatic hydroxyl groups is 6. The first-order valence-electron chi connectivity index (χ1n) is 9.51. The highest BCUT2D eigenvalue weighted by atomic mass is 16.7. The van der Waals surface area contributed by atoms with E-state index in [1.807, 2.05) is 30.3 Å². The van der Waals surface area contributed by atoms with Crippen LogP contribution in [-0.4, -0.2) is 106 Å². The van der Waals surface area contributed by atoms with Crippen molar-refractivity contribution in [2.45, 2.75) is 61.7 Å². The zero-order valence-corrected chi connectivity index (χ0v) is 15.7. The van der Waals surface area contributed by atoms with E-state index in [9.17, 15) is 30.6 Å². The Balaban J connectivity index is 1.51. The van der Waals surface area contributed by atoms with E-state index in [1.165, 1.54) is 0 Å². The van der Waals surface area contributed by atoms with Crippen LogP contribution in [-0.2, 0) is 25.4 Å². The Morgan fingerprint density at radius 2 is 1.48 bits per heavy atom. The average molecular weight is 416 g/mol. The fraction of sp³-hybridized carbons (Fsp3) is 0.684. The summed E-state index contributed by atoms with van der Waals surface area (Å²) < 4.78 is 21.6. The Morgan fingerprint density at radius 3 is 2.21 bits per heavy atom. The smallest absolute Gasteiger partial charge is 0.186 e. The molecule has 0 amide bonds. The molecule has 10 heteroatoms. The quantitative estimate of drug-likeness (QED) is 0.281. The summed E-state index contributed by atoms with van der Waals surface area (Å²) in [6, 6.07) is 9.54. The zero-order valence-electron chi connectivity index (χ0n) is 15.7. The Kier molecular flexibility index (Phi) is 7.93. The van der Waals surface area contributed by atoms with Crippen LogP contribution in [0.2, 0.25) is 0 Å². The van der Waals surface area contributed by atoms with Crippen molar-refractivity contribution in [1.82, 2.24) is 0 Å². The zero-order chi connectivity index (χ0) is 21.0. The molecule has 1 aromatic carbocycles. The number of hydrogen-bond donors (Lipinski definition) is 6. The highest BCUT2D eigenvalue weighted by Crippen LogP contribution is 2.24. The van der Waals surface area contributed by atoms with E-state index in [2.05, 4.69) is 0 Å². The van der Waals surface area contributed by atoms with Crippen LogP contribution in [0, 0.1) is 0 Å². The molecule has 2 aliphatic heterocycles. The molecular weight excluding hydrogens is 388 g/mol. The van der Waals surface area contributed by atoms with Crippen LogP contribution in [0.5, 0.6) is 0 Å². The van der Waals surface area contributed by atoms with Gasteiger partial charge in [0.15, 0.2) is 12.6 Å². The van der Waals surface area contributed by atoms with Crippen molar-refractivity contribution in [2.75, 3.05) is 19.8 Å². The van der Waals surface area contributed by atoms with Gasteiger partial charge in [0.2, 0.25) is 0 Å². The number of ether oxygens (including phenoxy) is 4. The predicted octanol–water partition coefficient (Wildman–Crippen LogP) is -2.49. The summed E-state index contributed by atoms with van der Waals surface area (Å²) in [5, 5.41) is 59.4. The van der Waals surface area contributed by atoms with Gasteiger partial charge in [-0.2, -0.15) is 0 Å². The van der Waals surface area contributed by atoms with Crippen molar-refractivity contribution >= 4 is 0 Å². The normalized spacial score (nSPS) is 40.7. The molecule has 2 heterocycles. The second kappa shape index (κ2) is 10.2. The molecule has 0 aliphatic carbocycles. The molecule has 1 aromatic rings. The summed E-state index contributed by atoms with van der Waals surface area (Å²) >= 11 is 0. The van der Waals surface area contributed by atoms with Gasteiger partial charge in [-0.05, 0) is 12.0 Å². The minimum Gasteiger partial charge on any atom is -0.388 e. The van der Waals surface area contributed by atoms with Crippen LogP contribution in [0.3, 0.4) is 0 Å². The van der Waals surface area contributed by atoms with E-state index in [1.54, 1.807) is 0 Å². The standard InChI is InChI=1S/C19H28O10/c20-11-8-27-18(16(24)13(11)21)28-9-12-14(22)15(23)17(25)19(29-12)26-7-6-10-4-2-1-3-5-10/h1-5,11-25H,6-9H2/t11-,12+,13-,14-,15-,16-,17-,18-,19+/m1/s1. The third-order valence-electron chi connectivity index (χ3n) is 5.06. The van der Waals surface area contributed by atoms with Gasteiger partial charge in [-0.1, -0.05) is 30.3 Å². The van der Waals surface area contributed by atoms with Crippen molar-refractivity contribution in [3.8, 4) is 0 Å². The van der Waals surface area contributed by atoms with E-state index in [0.717, 1.165) is 5.56 Å². The molecule has 6 N–H and O–H groups in total. The molecule has 3 rings (SSSR count). The first-order chi connectivity index (χ1) is 13.9. The van der Waals surface area contributed by atoms with Crippen LogP contribution < -0.4 is 0 Å². The van der Waals surface area contributed by atoms with E-state index < -0.39 is 55.3 Å². The summed E-state index contributed by atoms with van der Waals surface area (Å²) in [5.41, 5.74) is 1.03. The van der Waals surface area contributed by atoms with Crippen molar-refractivity contribution in [3.63, 3.8) is 0 Å². The predicted molar refractivity (Wildman–Crippen MR) is 96.5 cm³/mol. The Hall–Kier alpha value is -1.18. The van der Waals surface area contributed by atoms with Gasteiger partial charge < -0.3 is 49.6 Å². The third kappa shape index (κ3) is 5.50. The van der Waals surface area contributed by atoms with Gasteiger partial charge in [-0.15, -0.1) is 0 Å². The largest absolute Gasteiger partial charge is 0.388 e. The summed E-state index contributed by atoms with van der Waals surface area (Å²) in [4.78, 5) is 0. The minimum atomic E-state index is -1.52. The molecule has 2 saturated heterocycles. The summed E-state index contributed by atoms with van der Waals surface area (Å²) in [6.07, 6.45) is -11.5. The maximum absolute atomic E-state index is 10.2. The molecule has 10 nitrogen and oxygen atoms in total. The second-order valence-corrected chi connectivity index (χ2v) is 7.20. The van der Waals surface area contributed by atoms with Crippen molar-refractivity contribution in [1.29, 1.82) is 0 Å². The molecule has 0 unspecified atom stereocenters. The maximum Gasteiger partial charge on any atom is 0.186 e.